The van der Waals surface area contributed by atoms with Gasteiger partial charge in [0.25, 0.3) is 0 Å². The second kappa shape index (κ2) is 8.91. The normalized spacial score (nSPS) is 10.9. The zero-order valence-electron chi connectivity index (χ0n) is 11.4. The predicted octanol–water partition coefficient (Wildman–Crippen LogP) is 3.24. The van der Waals surface area contributed by atoms with Crippen molar-refractivity contribution in [3.05, 3.63) is 40.7 Å². The molecule has 0 aliphatic heterocycles. The molecule has 0 unspecified atom stereocenters. The Bertz CT molecular complexity index is 539. The number of rotatable bonds is 5. The third-order valence-electron chi connectivity index (χ3n) is 2.56. The van der Waals surface area contributed by atoms with Gasteiger partial charge in [0.2, 0.25) is 0 Å². The first-order valence-corrected chi connectivity index (χ1v) is 7.21. The number of nitrogens with zero attached hydrogens (tertiary/aromatic N) is 2. The first-order valence-electron chi connectivity index (χ1n) is 6.33. The second-order valence-corrected chi connectivity index (χ2v) is 5.06. The summed E-state index contributed by atoms with van der Waals surface area (Å²) in [6.07, 6.45) is 1.03. The van der Waals surface area contributed by atoms with Crippen molar-refractivity contribution in [1.29, 1.82) is 0 Å². The quantitative estimate of drug-likeness (QED) is 0.459. The van der Waals surface area contributed by atoms with E-state index in [1.807, 2.05) is 18.2 Å². The average Bonchev–Trinajstić information content (AvgIpc) is 2.93. The summed E-state index contributed by atoms with van der Waals surface area (Å²) in [7, 11) is 0. The summed E-state index contributed by atoms with van der Waals surface area (Å²) in [6, 6.07) is 10.1. The van der Waals surface area contributed by atoms with Crippen LogP contribution in [0.25, 0.3) is 11.3 Å². The van der Waals surface area contributed by atoms with Crippen LogP contribution in [0.2, 0.25) is 0 Å². The Hall–Kier alpha value is -1.15. The molecule has 0 atom stereocenters. The minimum Gasteiger partial charge on any atom is -0.370 e. The fourth-order valence-corrected chi connectivity index (χ4v) is 2.31. The van der Waals surface area contributed by atoms with Gasteiger partial charge in [0, 0.05) is 17.5 Å². The highest BCUT2D eigenvalue weighted by molar-refractivity contribution is 14.0. The SMILES string of the molecule is CCCNC(N)=NCc1nc(-c2ccccc2)cs1.I. The van der Waals surface area contributed by atoms with Crippen LogP contribution in [-0.4, -0.2) is 17.5 Å². The first-order chi connectivity index (χ1) is 9.29. The van der Waals surface area contributed by atoms with Gasteiger partial charge in [-0.05, 0) is 6.42 Å². The van der Waals surface area contributed by atoms with E-state index in [4.69, 9.17) is 5.73 Å². The van der Waals surface area contributed by atoms with Crippen molar-refractivity contribution in [2.24, 2.45) is 10.7 Å². The maximum Gasteiger partial charge on any atom is 0.189 e. The van der Waals surface area contributed by atoms with E-state index in [2.05, 4.69) is 39.7 Å². The maximum absolute atomic E-state index is 5.74. The molecule has 0 saturated heterocycles. The van der Waals surface area contributed by atoms with Gasteiger partial charge in [0.05, 0.1) is 12.2 Å². The lowest BCUT2D eigenvalue weighted by Gasteiger charge is -2.01. The van der Waals surface area contributed by atoms with Gasteiger partial charge in [-0.15, -0.1) is 35.3 Å². The van der Waals surface area contributed by atoms with E-state index in [0.29, 0.717) is 12.5 Å². The maximum atomic E-state index is 5.74. The summed E-state index contributed by atoms with van der Waals surface area (Å²) >= 11 is 1.61. The lowest BCUT2D eigenvalue weighted by Crippen LogP contribution is -2.32. The first kappa shape index (κ1) is 16.9. The summed E-state index contributed by atoms with van der Waals surface area (Å²) in [5, 5.41) is 6.07. The Morgan fingerprint density at radius 3 is 2.80 bits per heavy atom. The van der Waals surface area contributed by atoms with E-state index >= 15 is 0 Å². The van der Waals surface area contributed by atoms with Crippen molar-refractivity contribution in [3.8, 4) is 11.3 Å². The third kappa shape index (κ3) is 5.09. The van der Waals surface area contributed by atoms with E-state index in [-0.39, 0.29) is 24.0 Å². The Balaban J connectivity index is 0.00000200. The van der Waals surface area contributed by atoms with Crippen LogP contribution in [0.15, 0.2) is 40.7 Å². The second-order valence-electron chi connectivity index (χ2n) is 4.12. The molecule has 0 aliphatic rings. The largest absolute Gasteiger partial charge is 0.370 e. The molecule has 1 aromatic carbocycles. The van der Waals surface area contributed by atoms with E-state index < -0.39 is 0 Å². The van der Waals surface area contributed by atoms with Crippen molar-refractivity contribution in [2.45, 2.75) is 19.9 Å². The Morgan fingerprint density at radius 2 is 2.10 bits per heavy atom. The molecule has 20 heavy (non-hydrogen) atoms. The minimum atomic E-state index is 0. The van der Waals surface area contributed by atoms with Crippen molar-refractivity contribution in [3.63, 3.8) is 0 Å². The fourth-order valence-electron chi connectivity index (χ4n) is 1.59. The molecule has 0 amide bonds. The Labute approximate surface area is 140 Å². The zero-order chi connectivity index (χ0) is 13.5. The molecule has 2 rings (SSSR count). The Kier molecular flexibility index (Phi) is 7.53. The minimum absolute atomic E-state index is 0. The lowest BCUT2D eigenvalue weighted by molar-refractivity contribution is 0.825. The number of nitrogens with two attached hydrogens (primary N) is 1. The molecular weight excluding hydrogens is 383 g/mol. The van der Waals surface area contributed by atoms with E-state index in [1.54, 1.807) is 11.3 Å². The molecule has 4 nitrogen and oxygen atoms in total. The van der Waals surface area contributed by atoms with E-state index in [0.717, 1.165) is 29.2 Å². The van der Waals surface area contributed by atoms with E-state index in [1.165, 1.54) is 0 Å². The van der Waals surface area contributed by atoms with Gasteiger partial charge < -0.3 is 11.1 Å². The van der Waals surface area contributed by atoms with Crippen LogP contribution >= 0.6 is 35.3 Å². The summed E-state index contributed by atoms with van der Waals surface area (Å²) in [4.78, 5) is 8.83. The van der Waals surface area contributed by atoms with Crippen LogP contribution in [0, 0.1) is 0 Å². The highest BCUT2D eigenvalue weighted by atomic mass is 127. The topological polar surface area (TPSA) is 63.3 Å². The van der Waals surface area contributed by atoms with Gasteiger partial charge in [-0.1, -0.05) is 37.3 Å². The van der Waals surface area contributed by atoms with Gasteiger partial charge >= 0.3 is 0 Å². The molecule has 6 heteroatoms. The summed E-state index contributed by atoms with van der Waals surface area (Å²) in [6.45, 7) is 3.47. The number of aliphatic imine (C=N–C) groups is 1. The van der Waals surface area contributed by atoms with Crippen LogP contribution < -0.4 is 11.1 Å². The number of benzene rings is 1. The van der Waals surface area contributed by atoms with Crippen molar-refractivity contribution in [2.75, 3.05) is 6.54 Å². The zero-order valence-corrected chi connectivity index (χ0v) is 14.5. The van der Waals surface area contributed by atoms with Crippen LogP contribution in [0.5, 0.6) is 0 Å². The molecule has 2 aromatic rings. The number of thiazole rings is 1. The molecule has 108 valence electrons. The van der Waals surface area contributed by atoms with E-state index in [9.17, 15) is 0 Å². The average molecular weight is 402 g/mol. The number of hydrogen-bond donors (Lipinski definition) is 2. The number of guanidine groups is 1. The summed E-state index contributed by atoms with van der Waals surface area (Å²) in [5.74, 6) is 0.485. The van der Waals surface area contributed by atoms with Crippen LogP contribution in [0.1, 0.15) is 18.4 Å². The van der Waals surface area contributed by atoms with Gasteiger partial charge in [0.15, 0.2) is 5.96 Å². The van der Waals surface area contributed by atoms with Gasteiger partial charge in [-0.3, -0.25) is 0 Å². The smallest absolute Gasteiger partial charge is 0.189 e. The molecular formula is C14H19IN4S. The number of aromatic nitrogens is 1. The molecule has 0 bridgehead atoms. The molecule has 0 spiro atoms. The van der Waals surface area contributed by atoms with Gasteiger partial charge in [0.1, 0.15) is 5.01 Å². The number of halogens is 1. The number of nitrogens with one attached hydrogen (secondary N) is 1. The number of hydrogen-bond acceptors (Lipinski definition) is 3. The highest BCUT2D eigenvalue weighted by Crippen LogP contribution is 2.21. The molecule has 1 heterocycles. The monoisotopic (exact) mass is 402 g/mol. The van der Waals surface area contributed by atoms with Gasteiger partial charge in [-0.2, -0.15) is 0 Å². The van der Waals surface area contributed by atoms with Crippen LogP contribution in [0.4, 0.5) is 0 Å². The molecule has 0 saturated carbocycles. The third-order valence-corrected chi connectivity index (χ3v) is 3.40. The summed E-state index contributed by atoms with van der Waals surface area (Å²) in [5.41, 5.74) is 7.87. The van der Waals surface area contributed by atoms with Crippen molar-refractivity contribution >= 4 is 41.3 Å². The predicted molar refractivity (Wildman–Crippen MR) is 96.6 cm³/mol. The molecule has 3 N–H and O–H groups in total. The Morgan fingerprint density at radius 1 is 1.35 bits per heavy atom. The highest BCUT2D eigenvalue weighted by Gasteiger charge is 2.03. The van der Waals surface area contributed by atoms with Crippen LogP contribution in [0.3, 0.4) is 0 Å². The van der Waals surface area contributed by atoms with Crippen molar-refractivity contribution < 1.29 is 0 Å². The standard InChI is InChI=1S/C14H18N4S.HI/c1-2-8-16-14(15)17-9-13-18-12(10-19-13)11-6-4-3-5-7-11;/h3-7,10H,2,8-9H2,1H3,(H3,15,16,17);1H. The van der Waals surface area contributed by atoms with Crippen molar-refractivity contribution in [1.82, 2.24) is 10.3 Å². The molecule has 0 fully saturated rings. The van der Waals surface area contributed by atoms with Gasteiger partial charge in [-0.25, -0.2) is 9.98 Å². The molecule has 0 aliphatic carbocycles. The van der Waals surface area contributed by atoms with Crippen LogP contribution in [-0.2, 0) is 6.54 Å². The molecule has 1 aromatic heterocycles. The fraction of sp³-hybridized carbons (Fsp3) is 0.286. The summed E-state index contributed by atoms with van der Waals surface area (Å²) < 4.78 is 0. The molecule has 0 radical (unpaired) electrons. The lowest BCUT2D eigenvalue weighted by atomic mass is 10.2.